The van der Waals surface area contributed by atoms with Gasteiger partial charge in [0, 0.05) is 13.2 Å². The Kier molecular flexibility index (Phi) is 4.53. The van der Waals surface area contributed by atoms with Gasteiger partial charge in [0.05, 0.1) is 10.2 Å². The summed E-state index contributed by atoms with van der Waals surface area (Å²) in [6.45, 7) is 6.53. The summed E-state index contributed by atoms with van der Waals surface area (Å²) >= 11 is 3.36. The standard InChI is InChI=1S/C9H17BrN2/c1-9(2,3)5-8(12-4)7(10)6-11/h6H,5,11H2,1-4H3. The van der Waals surface area contributed by atoms with Crippen LogP contribution in [0.5, 0.6) is 0 Å². The van der Waals surface area contributed by atoms with E-state index in [1.54, 1.807) is 7.05 Å². The molecule has 2 N–H and O–H groups in total. The van der Waals surface area contributed by atoms with Crippen LogP contribution in [0, 0.1) is 5.41 Å². The van der Waals surface area contributed by atoms with Gasteiger partial charge in [-0.2, -0.15) is 0 Å². The fourth-order valence-corrected chi connectivity index (χ4v) is 1.19. The first-order valence-corrected chi connectivity index (χ1v) is 4.73. The third kappa shape index (κ3) is 4.54. The molecule has 2 nitrogen and oxygen atoms in total. The molecule has 0 amide bonds. The molecule has 0 bridgehead atoms. The van der Waals surface area contributed by atoms with Gasteiger partial charge in [-0.25, -0.2) is 0 Å². The number of aliphatic imine (C=N–C) groups is 1. The average molecular weight is 233 g/mol. The SMILES string of the molecule is CN=C(CC(C)(C)C)C(Br)=CN. The Hall–Kier alpha value is -0.310. The third-order valence-corrected chi connectivity index (χ3v) is 2.11. The maximum Gasteiger partial charge on any atom is 0.0540 e. The fraction of sp³-hybridized carbons (Fsp3) is 0.667. The van der Waals surface area contributed by atoms with Crippen molar-refractivity contribution in [2.24, 2.45) is 16.1 Å². The van der Waals surface area contributed by atoms with Gasteiger partial charge in [0.1, 0.15) is 0 Å². The van der Waals surface area contributed by atoms with Crippen LogP contribution in [0.2, 0.25) is 0 Å². The van der Waals surface area contributed by atoms with E-state index in [4.69, 9.17) is 5.73 Å². The van der Waals surface area contributed by atoms with Crippen molar-refractivity contribution in [3.63, 3.8) is 0 Å². The first-order valence-electron chi connectivity index (χ1n) is 3.94. The van der Waals surface area contributed by atoms with E-state index in [1.807, 2.05) is 0 Å². The molecule has 0 saturated heterocycles. The fourth-order valence-electron chi connectivity index (χ4n) is 0.869. The molecule has 0 atom stereocenters. The van der Waals surface area contributed by atoms with E-state index in [9.17, 15) is 0 Å². The van der Waals surface area contributed by atoms with Crippen LogP contribution >= 0.6 is 15.9 Å². The second-order valence-corrected chi connectivity index (χ2v) is 4.78. The average Bonchev–Trinajstić information content (AvgIpc) is 1.97. The maximum atomic E-state index is 5.38. The lowest BCUT2D eigenvalue weighted by molar-refractivity contribution is 0.434. The molecule has 0 rings (SSSR count). The van der Waals surface area contributed by atoms with Crippen LogP contribution in [0.1, 0.15) is 27.2 Å². The van der Waals surface area contributed by atoms with E-state index in [1.165, 1.54) is 6.20 Å². The van der Waals surface area contributed by atoms with Crippen molar-refractivity contribution in [1.82, 2.24) is 0 Å². The number of hydrogen-bond acceptors (Lipinski definition) is 2. The van der Waals surface area contributed by atoms with Crippen molar-refractivity contribution in [3.8, 4) is 0 Å². The van der Waals surface area contributed by atoms with Crippen LogP contribution in [-0.2, 0) is 0 Å². The minimum Gasteiger partial charge on any atom is -0.404 e. The van der Waals surface area contributed by atoms with Crippen molar-refractivity contribution in [1.29, 1.82) is 0 Å². The molecule has 0 radical (unpaired) electrons. The number of allylic oxidation sites excluding steroid dienone is 1. The van der Waals surface area contributed by atoms with Gasteiger partial charge in [-0.3, -0.25) is 4.99 Å². The highest BCUT2D eigenvalue weighted by Crippen LogP contribution is 2.23. The topological polar surface area (TPSA) is 38.4 Å². The van der Waals surface area contributed by atoms with E-state index in [0.717, 1.165) is 16.6 Å². The molecule has 0 aliphatic heterocycles. The predicted molar refractivity (Wildman–Crippen MR) is 58.6 cm³/mol. The summed E-state index contributed by atoms with van der Waals surface area (Å²) in [5, 5.41) is 0. The molecule has 0 saturated carbocycles. The third-order valence-electron chi connectivity index (χ3n) is 1.39. The van der Waals surface area contributed by atoms with Gasteiger partial charge in [0.15, 0.2) is 0 Å². The van der Waals surface area contributed by atoms with E-state index in [2.05, 4.69) is 41.7 Å². The highest BCUT2D eigenvalue weighted by Gasteiger charge is 2.15. The Bertz CT molecular complexity index is 199. The van der Waals surface area contributed by atoms with Crippen molar-refractivity contribution in [2.45, 2.75) is 27.2 Å². The van der Waals surface area contributed by atoms with Crippen molar-refractivity contribution >= 4 is 21.6 Å². The summed E-state index contributed by atoms with van der Waals surface area (Å²) in [6, 6.07) is 0. The lowest BCUT2D eigenvalue weighted by Gasteiger charge is -2.18. The molecule has 0 unspecified atom stereocenters. The highest BCUT2D eigenvalue weighted by molar-refractivity contribution is 9.12. The van der Waals surface area contributed by atoms with Crippen LogP contribution in [0.4, 0.5) is 0 Å². The lowest BCUT2D eigenvalue weighted by atomic mass is 9.89. The van der Waals surface area contributed by atoms with Crippen LogP contribution in [0.3, 0.4) is 0 Å². The Morgan fingerprint density at radius 3 is 2.25 bits per heavy atom. The number of nitrogens with zero attached hydrogens (tertiary/aromatic N) is 1. The summed E-state index contributed by atoms with van der Waals surface area (Å²) in [7, 11) is 1.78. The van der Waals surface area contributed by atoms with Gasteiger partial charge in [-0.15, -0.1) is 0 Å². The quantitative estimate of drug-likeness (QED) is 0.731. The van der Waals surface area contributed by atoms with E-state index in [0.29, 0.717) is 0 Å². The lowest BCUT2D eigenvalue weighted by Crippen LogP contribution is -2.13. The molecule has 0 fully saturated rings. The van der Waals surface area contributed by atoms with Crippen molar-refractivity contribution in [3.05, 3.63) is 10.7 Å². The largest absolute Gasteiger partial charge is 0.404 e. The summed E-state index contributed by atoms with van der Waals surface area (Å²) in [6.07, 6.45) is 2.46. The number of hydrogen-bond donors (Lipinski definition) is 1. The van der Waals surface area contributed by atoms with Gasteiger partial charge in [-0.1, -0.05) is 20.8 Å². The predicted octanol–water partition coefficient (Wildman–Crippen LogP) is 2.69. The minimum atomic E-state index is 0.247. The molecule has 12 heavy (non-hydrogen) atoms. The number of rotatable bonds is 2. The number of halogens is 1. The zero-order valence-corrected chi connectivity index (χ0v) is 9.77. The second-order valence-electron chi connectivity index (χ2n) is 3.92. The molecule has 3 heteroatoms. The zero-order chi connectivity index (χ0) is 9.78. The second kappa shape index (κ2) is 4.65. The molecule has 70 valence electrons. The van der Waals surface area contributed by atoms with Crippen molar-refractivity contribution < 1.29 is 0 Å². The Labute approximate surface area is 83.1 Å². The normalized spacial score (nSPS) is 15.1. The molecular weight excluding hydrogens is 216 g/mol. The molecule has 0 aromatic heterocycles. The first-order chi connectivity index (χ1) is 5.40. The van der Waals surface area contributed by atoms with Crippen molar-refractivity contribution in [2.75, 3.05) is 7.05 Å². The Balaban J connectivity index is 4.43. The maximum absolute atomic E-state index is 5.38. The van der Waals surface area contributed by atoms with E-state index in [-0.39, 0.29) is 5.41 Å². The van der Waals surface area contributed by atoms with Gasteiger partial charge >= 0.3 is 0 Å². The van der Waals surface area contributed by atoms with Crippen LogP contribution in [0.15, 0.2) is 15.7 Å². The molecule has 0 aliphatic carbocycles. The van der Waals surface area contributed by atoms with E-state index >= 15 is 0 Å². The van der Waals surface area contributed by atoms with Gasteiger partial charge in [0.2, 0.25) is 0 Å². The van der Waals surface area contributed by atoms with E-state index < -0.39 is 0 Å². The zero-order valence-electron chi connectivity index (χ0n) is 8.19. The molecule has 0 heterocycles. The van der Waals surface area contributed by atoms with Crippen LogP contribution < -0.4 is 5.73 Å². The minimum absolute atomic E-state index is 0.247. The van der Waals surface area contributed by atoms with Crippen LogP contribution in [-0.4, -0.2) is 12.8 Å². The van der Waals surface area contributed by atoms with Crippen LogP contribution in [0.25, 0.3) is 0 Å². The monoisotopic (exact) mass is 232 g/mol. The van der Waals surface area contributed by atoms with Gasteiger partial charge in [0.25, 0.3) is 0 Å². The summed E-state index contributed by atoms with van der Waals surface area (Å²) in [4.78, 5) is 4.17. The number of nitrogens with two attached hydrogens (primary N) is 1. The Morgan fingerprint density at radius 1 is 1.50 bits per heavy atom. The molecular formula is C9H17BrN2. The molecule has 0 aromatic rings. The first kappa shape index (κ1) is 11.7. The Morgan fingerprint density at radius 2 is 2.00 bits per heavy atom. The smallest absolute Gasteiger partial charge is 0.0540 e. The molecule has 0 aromatic carbocycles. The summed E-state index contributed by atoms with van der Waals surface area (Å²) in [5.41, 5.74) is 6.64. The molecule has 0 spiro atoms. The highest BCUT2D eigenvalue weighted by atomic mass is 79.9. The molecule has 0 aliphatic rings. The van der Waals surface area contributed by atoms with Gasteiger partial charge < -0.3 is 5.73 Å². The van der Waals surface area contributed by atoms with Gasteiger partial charge in [-0.05, 0) is 27.8 Å². The summed E-state index contributed by atoms with van der Waals surface area (Å²) in [5.74, 6) is 0. The summed E-state index contributed by atoms with van der Waals surface area (Å²) < 4.78 is 0.889.